The molecule has 0 spiro atoms. The number of aryl methyl sites for hydroxylation is 1. The fourth-order valence-electron chi connectivity index (χ4n) is 1.59. The molecule has 1 aromatic heterocycles. The minimum Gasteiger partial charge on any atom is -0.325 e. The highest BCUT2D eigenvalue weighted by Gasteiger charge is 2.30. The van der Waals surface area contributed by atoms with Crippen molar-refractivity contribution in [2.24, 2.45) is 5.73 Å². The van der Waals surface area contributed by atoms with E-state index in [1.807, 2.05) is 13.8 Å². The van der Waals surface area contributed by atoms with Gasteiger partial charge in [-0.15, -0.1) is 0 Å². The standard InChI is InChI=1S/C10H20N4O2S/c1-5-7(2)14(4)17(15,16)10-8(3)12-13-9(10)6-11/h7H,5-6,11H2,1-4H3,(H,12,13). The molecule has 0 aromatic carbocycles. The third kappa shape index (κ3) is 2.51. The summed E-state index contributed by atoms with van der Waals surface area (Å²) in [5.41, 5.74) is 6.42. The lowest BCUT2D eigenvalue weighted by Gasteiger charge is -2.23. The van der Waals surface area contributed by atoms with Crippen molar-refractivity contribution in [2.45, 2.75) is 44.7 Å². The Morgan fingerprint density at radius 1 is 1.53 bits per heavy atom. The van der Waals surface area contributed by atoms with E-state index in [-0.39, 0.29) is 17.5 Å². The summed E-state index contributed by atoms with van der Waals surface area (Å²) in [6.07, 6.45) is 0.755. The van der Waals surface area contributed by atoms with E-state index in [9.17, 15) is 8.42 Å². The Kier molecular flexibility index (Phi) is 4.29. The summed E-state index contributed by atoms with van der Waals surface area (Å²) in [6.45, 7) is 5.61. The number of aromatic amines is 1. The second-order valence-corrected chi connectivity index (χ2v) is 6.04. The summed E-state index contributed by atoms with van der Waals surface area (Å²) < 4.78 is 26.2. The van der Waals surface area contributed by atoms with Gasteiger partial charge in [0.05, 0.1) is 11.4 Å². The fraction of sp³-hybridized carbons (Fsp3) is 0.700. The highest BCUT2D eigenvalue weighted by Crippen LogP contribution is 2.23. The molecule has 0 fully saturated rings. The average Bonchev–Trinajstić information content (AvgIpc) is 2.68. The van der Waals surface area contributed by atoms with Crippen molar-refractivity contribution in [2.75, 3.05) is 7.05 Å². The molecule has 17 heavy (non-hydrogen) atoms. The Morgan fingerprint density at radius 2 is 2.12 bits per heavy atom. The Balaban J connectivity index is 3.26. The van der Waals surface area contributed by atoms with Crippen LogP contribution >= 0.6 is 0 Å². The number of nitrogens with zero attached hydrogens (tertiary/aromatic N) is 2. The molecule has 1 heterocycles. The molecular formula is C10H20N4O2S. The van der Waals surface area contributed by atoms with E-state index in [2.05, 4.69) is 10.2 Å². The summed E-state index contributed by atoms with van der Waals surface area (Å²) >= 11 is 0. The van der Waals surface area contributed by atoms with Crippen molar-refractivity contribution in [1.29, 1.82) is 0 Å². The van der Waals surface area contributed by atoms with Gasteiger partial charge in [-0.05, 0) is 20.3 Å². The number of aromatic nitrogens is 2. The molecule has 0 saturated heterocycles. The van der Waals surface area contributed by atoms with E-state index in [0.29, 0.717) is 11.4 Å². The largest absolute Gasteiger partial charge is 0.325 e. The molecule has 7 heteroatoms. The molecule has 0 aliphatic carbocycles. The zero-order valence-corrected chi connectivity index (χ0v) is 11.5. The van der Waals surface area contributed by atoms with E-state index in [0.717, 1.165) is 6.42 Å². The van der Waals surface area contributed by atoms with Crippen LogP contribution in [0.1, 0.15) is 31.7 Å². The van der Waals surface area contributed by atoms with Crippen LogP contribution in [0, 0.1) is 6.92 Å². The second kappa shape index (κ2) is 5.16. The fourth-order valence-corrected chi connectivity index (χ4v) is 3.36. The number of rotatable bonds is 5. The van der Waals surface area contributed by atoms with Gasteiger partial charge in [0.2, 0.25) is 10.0 Å². The molecule has 98 valence electrons. The monoisotopic (exact) mass is 260 g/mol. The molecule has 1 unspecified atom stereocenters. The van der Waals surface area contributed by atoms with Crippen LogP contribution in [0.4, 0.5) is 0 Å². The van der Waals surface area contributed by atoms with Crippen LogP contribution in [0.25, 0.3) is 0 Å². The molecule has 1 aromatic rings. The summed E-state index contributed by atoms with van der Waals surface area (Å²) in [5, 5.41) is 6.58. The predicted molar refractivity (Wildman–Crippen MR) is 65.9 cm³/mol. The predicted octanol–water partition coefficient (Wildman–Crippen LogP) is 0.596. The molecule has 6 nitrogen and oxygen atoms in total. The zero-order chi connectivity index (χ0) is 13.2. The third-order valence-corrected chi connectivity index (χ3v) is 5.18. The topological polar surface area (TPSA) is 92.1 Å². The highest BCUT2D eigenvalue weighted by molar-refractivity contribution is 7.89. The van der Waals surface area contributed by atoms with E-state index in [1.165, 1.54) is 4.31 Å². The molecule has 1 rings (SSSR count). The summed E-state index contributed by atoms with van der Waals surface area (Å²) in [7, 11) is -1.94. The van der Waals surface area contributed by atoms with Crippen molar-refractivity contribution in [3.8, 4) is 0 Å². The first-order valence-electron chi connectivity index (χ1n) is 5.58. The number of sulfonamides is 1. The molecule has 0 aliphatic rings. The zero-order valence-electron chi connectivity index (χ0n) is 10.7. The van der Waals surface area contributed by atoms with Gasteiger partial charge >= 0.3 is 0 Å². The van der Waals surface area contributed by atoms with Crippen molar-refractivity contribution >= 4 is 10.0 Å². The maximum atomic E-state index is 12.4. The summed E-state index contributed by atoms with van der Waals surface area (Å²) in [6, 6.07) is -0.0556. The number of H-pyrrole nitrogens is 1. The van der Waals surface area contributed by atoms with Gasteiger partial charge in [0.1, 0.15) is 4.90 Å². The first-order valence-corrected chi connectivity index (χ1v) is 7.02. The quantitative estimate of drug-likeness (QED) is 0.810. The van der Waals surface area contributed by atoms with Crippen LogP contribution in [0.3, 0.4) is 0 Å². The Labute approximate surface area is 102 Å². The van der Waals surface area contributed by atoms with Crippen LogP contribution in [0.2, 0.25) is 0 Å². The van der Waals surface area contributed by atoms with Crippen LogP contribution in [0.15, 0.2) is 4.90 Å². The Morgan fingerprint density at radius 3 is 2.59 bits per heavy atom. The molecule has 0 bridgehead atoms. The van der Waals surface area contributed by atoms with Crippen LogP contribution in [-0.2, 0) is 16.6 Å². The smallest absolute Gasteiger partial charge is 0.246 e. The second-order valence-electron chi connectivity index (χ2n) is 4.11. The number of nitrogens with two attached hydrogens (primary N) is 1. The minimum absolute atomic E-state index is 0.0556. The van der Waals surface area contributed by atoms with Gasteiger partial charge in [0.15, 0.2) is 0 Å². The van der Waals surface area contributed by atoms with E-state index in [4.69, 9.17) is 5.73 Å². The van der Waals surface area contributed by atoms with Gasteiger partial charge in [0, 0.05) is 19.6 Å². The van der Waals surface area contributed by atoms with Crippen LogP contribution in [0.5, 0.6) is 0 Å². The lowest BCUT2D eigenvalue weighted by atomic mass is 10.3. The van der Waals surface area contributed by atoms with Crippen molar-refractivity contribution in [3.63, 3.8) is 0 Å². The third-order valence-electron chi connectivity index (χ3n) is 3.00. The van der Waals surface area contributed by atoms with E-state index < -0.39 is 10.0 Å². The van der Waals surface area contributed by atoms with Crippen molar-refractivity contribution in [1.82, 2.24) is 14.5 Å². The molecule has 0 aliphatic heterocycles. The van der Waals surface area contributed by atoms with Gasteiger partial charge in [-0.3, -0.25) is 5.10 Å². The average molecular weight is 260 g/mol. The van der Waals surface area contributed by atoms with Crippen LogP contribution < -0.4 is 5.73 Å². The Bertz CT molecular complexity index is 480. The summed E-state index contributed by atoms with van der Waals surface area (Å²) in [5.74, 6) is 0. The molecule has 0 radical (unpaired) electrons. The maximum absolute atomic E-state index is 12.4. The molecular weight excluding hydrogens is 240 g/mol. The Hall–Kier alpha value is -0.920. The van der Waals surface area contributed by atoms with E-state index in [1.54, 1.807) is 14.0 Å². The lowest BCUT2D eigenvalue weighted by molar-refractivity contribution is 0.380. The number of hydrogen-bond acceptors (Lipinski definition) is 4. The van der Waals surface area contributed by atoms with Gasteiger partial charge in [-0.1, -0.05) is 6.92 Å². The lowest BCUT2D eigenvalue weighted by Crippen LogP contribution is -2.35. The number of hydrogen-bond donors (Lipinski definition) is 2. The van der Waals surface area contributed by atoms with Gasteiger partial charge < -0.3 is 5.73 Å². The number of nitrogens with one attached hydrogen (secondary N) is 1. The highest BCUT2D eigenvalue weighted by atomic mass is 32.2. The molecule has 0 saturated carbocycles. The molecule has 1 atom stereocenters. The van der Waals surface area contributed by atoms with Gasteiger partial charge in [-0.25, -0.2) is 8.42 Å². The SMILES string of the molecule is CCC(C)N(C)S(=O)(=O)c1c(CN)n[nH]c1C. The van der Waals surface area contributed by atoms with Crippen molar-refractivity contribution in [3.05, 3.63) is 11.4 Å². The summed E-state index contributed by atoms with van der Waals surface area (Å²) in [4.78, 5) is 0.211. The maximum Gasteiger partial charge on any atom is 0.246 e. The normalized spacial score (nSPS) is 14.2. The van der Waals surface area contributed by atoms with Crippen molar-refractivity contribution < 1.29 is 8.42 Å². The van der Waals surface area contributed by atoms with Gasteiger partial charge in [-0.2, -0.15) is 9.40 Å². The minimum atomic E-state index is -3.52. The molecule has 0 amide bonds. The van der Waals surface area contributed by atoms with Crippen LogP contribution in [-0.4, -0.2) is 36.0 Å². The molecule has 3 N–H and O–H groups in total. The first kappa shape index (κ1) is 14.1. The van der Waals surface area contributed by atoms with E-state index >= 15 is 0 Å². The van der Waals surface area contributed by atoms with Gasteiger partial charge in [0.25, 0.3) is 0 Å². The first-order chi connectivity index (χ1) is 7.86.